The minimum atomic E-state index is -0.806. The molecule has 0 spiro atoms. The highest BCUT2D eigenvalue weighted by molar-refractivity contribution is 5.77. The Bertz CT molecular complexity index is 178. The van der Waals surface area contributed by atoms with Gasteiger partial charge in [-0.2, -0.15) is 0 Å². The van der Waals surface area contributed by atoms with Crippen LogP contribution in [-0.4, -0.2) is 58.8 Å². The summed E-state index contributed by atoms with van der Waals surface area (Å²) >= 11 is 0. The van der Waals surface area contributed by atoms with Crippen molar-refractivity contribution in [3.05, 3.63) is 10.1 Å². The van der Waals surface area contributed by atoms with E-state index in [1.165, 1.54) is 0 Å². The molecule has 0 radical (unpaired) electrons. The molecule has 0 heterocycles. The van der Waals surface area contributed by atoms with E-state index in [9.17, 15) is 14.9 Å². The van der Waals surface area contributed by atoms with Crippen molar-refractivity contribution in [2.24, 2.45) is 0 Å². The Balaban J connectivity index is 4.02. The summed E-state index contributed by atoms with van der Waals surface area (Å²) in [6.07, 6.45) is 0. The van der Waals surface area contributed by atoms with Crippen molar-refractivity contribution in [1.82, 2.24) is 4.90 Å². The maximum atomic E-state index is 11.0. The lowest BCUT2D eigenvalue weighted by Gasteiger charge is -2.17. The molecule has 0 aromatic rings. The van der Waals surface area contributed by atoms with Crippen LogP contribution in [0.2, 0.25) is 0 Å². The number of amides is 1. The Morgan fingerprint density at radius 1 is 1.31 bits per heavy atom. The molecule has 0 saturated carbocycles. The third kappa shape index (κ3) is 5.10. The van der Waals surface area contributed by atoms with Gasteiger partial charge < -0.3 is 15.1 Å². The summed E-state index contributed by atoms with van der Waals surface area (Å²) in [6.45, 7) is -1.34. The van der Waals surface area contributed by atoms with Crippen LogP contribution in [-0.2, 0) is 4.79 Å². The van der Waals surface area contributed by atoms with Gasteiger partial charge in [0.15, 0.2) is 0 Å². The molecule has 0 aliphatic carbocycles. The second kappa shape index (κ2) is 6.32. The normalized spacial score (nSPS) is 9.69. The molecule has 0 aliphatic rings. The molecule has 13 heavy (non-hydrogen) atoms. The molecule has 7 nitrogen and oxygen atoms in total. The zero-order valence-corrected chi connectivity index (χ0v) is 7.05. The third-order valence-electron chi connectivity index (χ3n) is 1.36. The summed E-state index contributed by atoms with van der Waals surface area (Å²) in [5.74, 6) is -0.701. The minimum Gasteiger partial charge on any atom is -0.395 e. The van der Waals surface area contributed by atoms with E-state index in [0.29, 0.717) is 0 Å². The van der Waals surface area contributed by atoms with E-state index >= 15 is 0 Å². The number of nitro groups is 1. The van der Waals surface area contributed by atoms with Crippen molar-refractivity contribution >= 4 is 5.91 Å². The fourth-order valence-corrected chi connectivity index (χ4v) is 0.813. The van der Waals surface area contributed by atoms with E-state index in [4.69, 9.17) is 10.2 Å². The molecule has 0 saturated heterocycles. The van der Waals surface area contributed by atoms with Gasteiger partial charge in [-0.15, -0.1) is 0 Å². The summed E-state index contributed by atoms with van der Waals surface area (Å²) in [4.78, 5) is 21.2. The topological polar surface area (TPSA) is 104 Å². The molecule has 0 aromatic heterocycles. The molecule has 1 amide bonds. The van der Waals surface area contributed by atoms with Crippen molar-refractivity contribution in [3.63, 3.8) is 0 Å². The fourth-order valence-electron chi connectivity index (χ4n) is 0.813. The average molecular weight is 192 g/mol. The lowest BCUT2D eigenvalue weighted by atomic mass is 10.4. The minimum absolute atomic E-state index is 0.00718. The lowest BCUT2D eigenvalue weighted by molar-refractivity contribution is -0.468. The molecule has 2 N–H and O–H groups in total. The van der Waals surface area contributed by atoms with Gasteiger partial charge >= 0.3 is 0 Å². The number of carbonyl (C=O) groups excluding carboxylic acids is 1. The Hall–Kier alpha value is -1.21. The zero-order valence-electron chi connectivity index (χ0n) is 7.05. The number of aliphatic hydroxyl groups excluding tert-OH is 2. The molecule has 0 unspecified atom stereocenters. The third-order valence-corrected chi connectivity index (χ3v) is 1.36. The second-order valence-corrected chi connectivity index (χ2v) is 2.32. The Morgan fingerprint density at radius 2 is 1.77 bits per heavy atom. The quantitative estimate of drug-likeness (QED) is 0.377. The lowest BCUT2D eigenvalue weighted by Crippen LogP contribution is -2.39. The molecular formula is C6H12N2O5. The van der Waals surface area contributed by atoms with Crippen LogP contribution in [0, 0.1) is 10.1 Å². The van der Waals surface area contributed by atoms with E-state index in [1.54, 1.807) is 0 Å². The van der Waals surface area contributed by atoms with E-state index in [0.717, 1.165) is 4.90 Å². The largest absolute Gasteiger partial charge is 0.395 e. The first-order valence-corrected chi connectivity index (χ1v) is 3.73. The molecule has 76 valence electrons. The monoisotopic (exact) mass is 192 g/mol. The summed E-state index contributed by atoms with van der Waals surface area (Å²) in [6, 6.07) is 0. The van der Waals surface area contributed by atoms with Crippen LogP contribution in [0.5, 0.6) is 0 Å². The molecule has 0 aromatic carbocycles. The molecule has 0 fully saturated rings. The standard InChI is InChI=1S/C6H12N2O5/c9-3-1-7(2-4-10)6(11)5-8(12)13/h9-10H,1-5H2. The van der Waals surface area contributed by atoms with Gasteiger partial charge in [0.1, 0.15) is 0 Å². The van der Waals surface area contributed by atoms with Gasteiger partial charge in [-0.05, 0) is 0 Å². The maximum absolute atomic E-state index is 11.0. The smallest absolute Gasteiger partial charge is 0.294 e. The SMILES string of the molecule is O=C(C[N+](=O)[O-])N(CCO)CCO. The van der Waals surface area contributed by atoms with E-state index in [1.807, 2.05) is 0 Å². The van der Waals surface area contributed by atoms with Gasteiger partial charge in [-0.25, -0.2) is 0 Å². The van der Waals surface area contributed by atoms with Gasteiger partial charge in [-0.1, -0.05) is 0 Å². The predicted molar refractivity (Wildman–Crippen MR) is 42.6 cm³/mol. The van der Waals surface area contributed by atoms with Crippen molar-refractivity contribution in [2.75, 3.05) is 32.8 Å². The molecule has 7 heteroatoms. The number of rotatable bonds is 6. The van der Waals surface area contributed by atoms with Crippen LogP contribution >= 0.6 is 0 Å². The molecular weight excluding hydrogens is 180 g/mol. The van der Waals surface area contributed by atoms with Gasteiger partial charge in [0.05, 0.1) is 13.2 Å². The van der Waals surface area contributed by atoms with E-state index in [2.05, 4.69) is 0 Å². The van der Waals surface area contributed by atoms with Crippen LogP contribution in [0.4, 0.5) is 0 Å². The summed E-state index contributed by atoms with van der Waals surface area (Å²) in [7, 11) is 0. The number of carbonyl (C=O) groups is 1. The van der Waals surface area contributed by atoms with Crippen LogP contribution in [0.3, 0.4) is 0 Å². The summed E-state index contributed by atoms with van der Waals surface area (Å²) < 4.78 is 0. The maximum Gasteiger partial charge on any atom is 0.294 e. The Labute approximate surface area is 74.7 Å². The highest BCUT2D eigenvalue weighted by Crippen LogP contribution is 1.89. The number of hydrogen-bond donors (Lipinski definition) is 2. The van der Waals surface area contributed by atoms with Gasteiger partial charge in [0.2, 0.25) is 0 Å². The highest BCUT2D eigenvalue weighted by Gasteiger charge is 2.17. The zero-order chi connectivity index (χ0) is 10.3. The fraction of sp³-hybridized carbons (Fsp3) is 0.833. The van der Waals surface area contributed by atoms with Crippen molar-refractivity contribution in [1.29, 1.82) is 0 Å². The van der Waals surface area contributed by atoms with E-state index in [-0.39, 0.29) is 26.3 Å². The Kier molecular flexibility index (Phi) is 5.73. The number of aliphatic hydroxyl groups is 2. The summed E-state index contributed by atoms with van der Waals surface area (Å²) in [5.41, 5.74) is 0. The van der Waals surface area contributed by atoms with Crippen molar-refractivity contribution in [2.45, 2.75) is 0 Å². The number of hydrogen-bond acceptors (Lipinski definition) is 5. The number of nitrogens with zero attached hydrogens (tertiary/aromatic N) is 2. The van der Waals surface area contributed by atoms with Gasteiger partial charge in [-0.3, -0.25) is 14.9 Å². The highest BCUT2D eigenvalue weighted by atomic mass is 16.6. The first-order chi connectivity index (χ1) is 6.11. The molecule has 0 rings (SSSR count). The summed E-state index contributed by atoms with van der Waals surface area (Å²) in [5, 5.41) is 27.0. The van der Waals surface area contributed by atoms with Crippen molar-refractivity contribution in [3.8, 4) is 0 Å². The average Bonchev–Trinajstić information content (AvgIpc) is 2.02. The Morgan fingerprint density at radius 3 is 2.08 bits per heavy atom. The van der Waals surface area contributed by atoms with Gasteiger partial charge in [0.25, 0.3) is 12.5 Å². The molecule has 0 aliphatic heterocycles. The van der Waals surface area contributed by atoms with Crippen LogP contribution in [0.25, 0.3) is 0 Å². The molecule has 0 bridgehead atoms. The first kappa shape index (κ1) is 11.8. The molecule has 0 atom stereocenters. The first-order valence-electron chi connectivity index (χ1n) is 3.73. The second-order valence-electron chi connectivity index (χ2n) is 2.32. The predicted octanol–water partition coefficient (Wildman–Crippen LogP) is -1.92. The van der Waals surface area contributed by atoms with Gasteiger partial charge in [0, 0.05) is 18.0 Å². The van der Waals surface area contributed by atoms with E-state index < -0.39 is 17.4 Å². The van der Waals surface area contributed by atoms with Crippen LogP contribution < -0.4 is 0 Å². The van der Waals surface area contributed by atoms with Crippen LogP contribution in [0.15, 0.2) is 0 Å². The van der Waals surface area contributed by atoms with Crippen LogP contribution in [0.1, 0.15) is 0 Å². The van der Waals surface area contributed by atoms with Crippen molar-refractivity contribution < 1.29 is 19.9 Å².